The molecule has 6 heteroatoms. The summed E-state index contributed by atoms with van der Waals surface area (Å²) in [6, 6.07) is 3.51. The molecule has 0 aliphatic carbocycles. The first kappa shape index (κ1) is 18.4. The van der Waals surface area contributed by atoms with Gasteiger partial charge < -0.3 is 19.5 Å². The van der Waals surface area contributed by atoms with Crippen LogP contribution >= 0.6 is 0 Å². The van der Waals surface area contributed by atoms with E-state index in [0.29, 0.717) is 36.9 Å². The zero-order valence-corrected chi connectivity index (χ0v) is 14.1. The highest BCUT2D eigenvalue weighted by Crippen LogP contribution is 2.22. The van der Waals surface area contributed by atoms with Crippen LogP contribution in [0.25, 0.3) is 0 Å². The normalized spacial score (nSPS) is 13.5. The first-order valence-electron chi connectivity index (χ1n) is 7.42. The van der Waals surface area contributed by atoms with Crippen molar-refractivity contribution in [3.8, 4) is 5.88 Å². The fraction of sp³-hybridized carbons (Fsp3) is 0.625. The molecule has 1 aromatic rings. The highest BCUT2D eigenvalue weighted by atomic mass is 16.5. The molecule has 0 bridgehead atoms. The fourth-order valence-corrected chi connectivity index (χ4v) is 2.02. The number of hydrogen-bond donors (Lipinski definition) is 1. The van der Waals surface area contributed by atoms with E-state index in [4.69, 9.17) is 14.2 Å². The number of anilines is 1. The number of methoxy groups -OCH3 is 2. The van der Waals surface area contributed by atoms with Gasteiger partial charge in [-0.05, 0) is 26.3 Å². The zero-order valence-electron chi connectivity index (χ0n) is 14.1. The highest BCUT2D eigenvalue weighted by molar-refractivity contribution is 5.97. The molecule has 124 valence electrons. The van der Waals surface area contributed by atoms with Crippen molar-refractivity contribution < 1.29 is 19.0 Å². The maximum absolute atomic E-state index is 12.4. The molecule has 22 heavy (non-hydrogen) atoms. The van der Waals surface area contributed by atoms with E-state index in [1.54, 1.807) is 33.3 Å². The molecule has 0 saturated carbocycles. The van der Waals surface area contributed by atoms with E-state index < -0.39 is 5.60 Å². The van der Waals surface area contributed by atoms with Crippen molar-refractivity contribution in [2.75, 3.05) is 32.8 Å². The number of aromatic nitrogens is 1. The van der Waals surface area contributed by atoms with E-state index >= 15 is 0 Å². The van der Waals surface area contributed by atoms with Crippen molar-refractivity contribution in [2.45, 2.75) is 39.2 Å². The van der Waals surface area contributed by atoms with Gasteiger partial charge in [-0.2, -0.15) is 0 Å². The van der Waals surface area contributed by atoms with E-state index in [9.17, 15) is 4.79 Å². The van der Waals surface area contributed by atoms with E-state index in [2.05, 4.69) is 10.3 Å². The number of pyridine rings is 1. The molecule has 0 unspecified atom stereocenters. The average Bonchev–Trinajstić information content (AvgIpc) is 2.50. The molecule has 0 saturated heterocycles. The number of nitrogens with zero attached hydrogens (tertiary/aromatic N) is 1. The van der Waals surface area contributed by atoms with Crippen molar-refractivity contribution in [1.29, 1.82) is 0 Å². The number of carbonyl (C=O) groups excluding carboxylic acids is 1. The second-order valence-corrected chi connectivity index (χ2v) is 5.26. The number of nitrogens with one attached hydrogen (secondary N) is 1. The lowest BCUT2D eigenvalue weighted by atomic mass is 9.99. The largest absolute Gasteiger partial charge is 0.475 e. The number of rotatable bonds is 9. The van der Waals surface area contributed by atoms with E-state index in [1.807, 2.05) is 13.8 Å². The third-order valence-electron chi connectivity index (χ3n) is 3.50. The molecule has 1 N–H and O–H groups in total. The highest BCUT2D eigenvalue weighted by Gasteiger charge is 2.32. The van der Waals surface area contributed by atoms with Crippen molar-refractivity contribution >= 4 is 11.6 Å². The summed E-state index contributed by atoms with van der Waals surface area (Å²) in [5.41, 5.74) is 0.510. The Hall–Kier alpha value is -1.66. The Bertz CT molecular complexity index is 493. The number of carbonyl (C=O) groups is 1. The molecule has 0 aromatic carbocycles. The smallest absolute Gasteiger partial charge is 0.256 e. The Balaban J connectivity index is 2.75. The average molecular weight is 310 g/mol. The Morgan fingerprint density at radius 3 is 2.59 bits per heavy atom. The third kappa shape index (κ3) is 4.96. The maximum Gasteiger partial charge on any atom is 0.256 e. The lowest BCUT2D eigenvalue weighted by Gasteiger charge is -2.26. The van der Waals surface area contributed by atoms with Gasteiger partial charge in [-0.15, -0.1) is 0 Å². The fourth-order valence-electron chi connectivity index (χ4n) is 2.02. The number of hydrogen-bond acceptors (Lipinski definition) is 5. The van der Waals surface area contributed by atoms with Crippen LogP contribution in [0.5, 0.6) is 5.88 Å². The second-order valence-electron chi connectivity index (χ2n) is 5.26. The molecule has 1 heterocycles. The minimum Gasteiger partial charge on any atom is -0.475 e. The Labute approximate surface area is 132 Å². The zero-order chi connectivity index (χ0) is 16.6. The van der Waals surface area contributed by atoms with Crippen LogP contribution in [-0.2, 0) is 14.3 Å². The van der Waals surface area contributed by atoms with Gasteiger partial charge in [-0.25, -0.2) is 4.98 Å². The van der Waals surface area contributed by atoms with Crippen LogP contribution < -0.4 is 10.1 Å². The van der Waals surface area contributed by atoms with Gasteiger partial charge >= 0.3 is 0 Å². The van der Waals surface area contributed by atoms with Crippen molar-refractivity contribution in [2.24, 2.45) is 0 Å². The Morgan fingerprint density at radius 1 is 1.32 bits per heavy atom. The summed E-state index contributed by atoms with van der Waals surface area (Å²) in [6.07, 6.45) is 1.52. The summed E-state index contributed by atoms with van der Waals surface area (Å²) in [4.78, 5) is 16.7. The number of ether oxygens (including phenoxy) is 3. The Kier molecular flexibility index (Phi) is 7.27. The standard InChI is InChI=1S/C16H26N2O4/c1-6-9-16(3,21-5)15(19)18-13-7-8-14(17-12(13)2)22-11-10-20-4/h7-8H,6,9-11H2,1-5H3,(H,18,19)/t16-/m0/s1. The van der Waals surface area contributed by atoms with E-state index in [0.717, 1.165) is 6.42 Å². The number of amides is 1. The van der Waals surface area contributed by atoms with Gasteiger partial charge in [-0.3, -0.25) is 4.79 Å². The minimum atomic E-state index is -0.838. The summed E-state index contributed by atoms with van der Waals surface area (Å²) in [7, 11) is 3.16. The van der Waals surface area contributed by atoms with Crippen molar-refractivity contribution in [3.63, 3.8) is 0 Å². The van der Waals surface area contributed by atoms with E-state index in [-0.39, 0.29) is 5.91 Å². The molecule has 1 rings (SSSR count). The summed E-state index contributed by atoms with van der Waals surface area (Å²) in [5.74, 6) is 0.338. The molecule has 1 aromatic heterocycles. The summed E-state index contributed by atoms with van der Waals surface area (Å²) in [6.45, 7) is 6.57. The first-order valence-corrected chi connectivity index (χ1v) is 7.42. The molecule has 0 spiro atoms. The lowest BCUT2D eigenvalue weighted by molar-refractivity contribution is -0.136. The molecular weight excluding hydrogens is 284 g/mol. The molecule has 6 nitrogen and oxygen atoms in total. The minimum absolute atomic E-state index is 0.171. The number of aryl methyl sites for hydroxylation is 1. The quantitative estimate of drug-likeness (QED) is 0.710. The topological polar surface area (TPSA) is 69.7 Å². The molecule has 0 aliphatic heterocycles. The summed E-state index contributed by atoms with van der Waals surface area (Å²) < 4.78 is 15.7. The van der Waals surface area contributed by atoms with Crippen LogP contribution in [0.1, 0.15) is 32.4 Å². The molecule has 1 amide bonds. The Morgan fingerprint density at radius 2 is 2.05 bits per heavy atom. The maximum atomic E-state index is 12.4. The van der Waals surface area contributed by atoms with Crippen LogP contribution in [0.15, 0.2) is 12.1 Å². The SMILES string of the molecule is CCC[C@](C)(OC)C(=O)Nc1ccc(OCCOC)nc1C. The molecular formula is C16H26N2O4. The van der Waals surface area contributed by atoms with Gasteiger partial charge in [0.2, 0.25) is 5.88 Å². The van der Waals surface area contributed by atoms with Crippen molar-refractivity contribution in [1.82, 2.24) is 4.98 Å². The predicted octanol–water partition coefficient (Wildman–Crippen LogP) is 2.56. The summed E-state index contributed by atoms with van der Waals surface area (Å²) in [5, 5.41) is 2.87. The van der Waals surface area contributed by atoms with Gasteiger partial charge in [0.15, 0.2) is 0 Å². The lowest BCUT2D eigenvalue weighted by Crippen LogP contribution is -2.42. The molecule has 1 atom stereocenters. The van der Waals surface area contributed by atoms with Gasteiger partial charge in [0, 0.05) is 20.3 Å². The molecule has 0 fully saturated rings. The first-order chi connectivity index (χ1) is 10.5. The van der Waals surface area contributed by atoms with Crippen LogP contribution in [0, 0.1) is 6.92 Å². The van der Waals surface area contributed by atoms with E-state index in [1.165, 1.54) is 0 Å². The molecule has 0 radical (unpaired) electrons. The van der Waals surface area contributed by atoms with Gasteiger partial charge in [-0.1, -0.05) is 13.3 Å². The summed E-state index contributed by atoms with van der Waals surface area (Å²) >= 11 is 0. The van der Waals surface area contributed by atoms with Crippen LogP contribution in [0.4, 0.5) is 5.69 Å². The second kappa shape index (κ2) is 8.70. The van der Waals surface area contributed by atoms with Crippen molar-refractivity contribution in [3.05, 3.63) is 17.8 Å². The van der Waals surface area contributed by atoms with Gasteiger partial charge in [0.05, 0.1) is 18.0 Å². The van der Waals surface area contributed by atoms with Crippen LogP contribution in [-0.4, -0.2) is 43.9 Å². The van der Waals surface area contributed by atoms with Gasteiger partial charge in [0.1, 0.15) is 12.2 Å². The monoisotopic (exact) mass is 310 g/mol. The van der Waals surface area contributed by atoms with Crippen LogP contribution in [0.2, 0.25) is 0 Å². The third-order valence-corrected chi connectivity index (χ3v) is 3.50. The van der Waals surface area contributed by atoms with Gasteiger partial charge in [0.25, 0.3) is 5.91 Å². The molecule has 0 aliphatic rings. The predicted molar refractivity (Wildman–Crippen MR) is 85.3 cm³/mol. The van der Waals surface area contributed by atoms with Crippen LogP contribution in [0.3, 0.4) is 0 Å².